The van der Waals surface area contributed by atoms with Gasteiger partial charge in [-0.2, -0.15) is 0 Å². The maximum atomic E-state index is 12.3. The van der Waals surface area contributed by atoms with Gasteiger partial charge in [0.05, 0.1) is 0 Å². The molecule has 0 saturated carbocycles. The zero-order valence-electron chi connectivity index (χ0n) is 11.9. The van der Waals surface area contributed by atoms with Crippen molar-refractivity contribution < 1.29 is 4.79 Å². The number of halogens is 2. The zero-order valence-corrected chi connectivity index (χ0v) is 14.2. The summed E-state index contributed by atoms with van der Waals surface area (Å²) in [4.78, 5) is 27.1. The molecule has 0 atom stereocenters. The summed E-state index contributed by atoms with van der Waals surface area (Å²) in [6.45, 7) is 0.258. The Kier molecular flexibility index (Phi) is 4.50. The third kappa shape index (κ3) is 3.46. The van der Waals surface area contributed by atoms with Crippen molar-refractivity contribution in [3.05, 3.63) is 79.5 Å². The summed E-state index contributed by atoms with van der Waals surface area (Å²) >= 11 is 9.43. The number of H-pyrrole nitrogens is 1. The smallest absolute Gasteiger partial charge is 0.261 e. The van der Waals surface area contributed by atoms with Crippen LogP contribution >= 0.6 is 27.5 Å². The standard InChI is InChI=1S/C17H12BrClN2O2/c18-12-5-6-15-11(7-12)8-13(17(23)21-15)16(22)20-9-10-3-1-2-4-14(10)19/h1-8H,9H2,(H,20,22)(H,21,23). The van der Waals surface area contributed by atoms with Gasteiger partial charge in [0.15, 0.2) is 0 Å². The highest BCUT2D eigenvalue weighted by molar-refractivity contribution is 9.10. The molecule has 116 valence electrons. The van der Waals surface area contributed by atoms with Crippen molar-refractivity contribution in [3.8, 4) is 0 Å². The molecule has 0 bridgehead atoms. The highest BCUT2D eigenvalue weighted by Gasteiger charge is 2.12. The maximum Gasteiger partial charge on any atom is 0.261 e. The van der Waals surface area contributed by atoms with E-state index < -0.39 is 11.5 Å². The Hall–Kier alpha value is -2.11. The molecule has 0 spiro atoms. The number of hydrogen-bond acceptors (Lipinski definition) is 2. The third-order valence-corrected chi connectivity index (χ3v) is 4.31. The van der Waals surface area contributed by atoms with E-state index in [2.05, 4.69) is 26.2 Å². The van der Waals surface area contributed by atoms with Crippen LogP contribution in [0.3, 0.4) is 0 Å². The van der Waals surface area contributed by atoms with E-state index in [-0.39, 0.29) is 12.1 Å². The Bertz CT molecular complexity index is 953. The Morgan fingerprint density at radius 2 is 1.96 bits per heavy atom. The summed E-state index contributed by atoms with van der Waals surface area (Å²) < 4.78 is 0.875. The first-order valence-electron chi connectivity index (χ1n) is 6.89. The Morgan fingerprint density at radius 3 is 2.74 bits per heavy atom. The van der Waals surface area contributed by atoms with Gasteiger partial charge >= 0.3 is 0 Å². The lowest BCUT2D eigenvalue weighted by molar-refractivity contribution is 0.0949. The predicted octanol–water partition coefficient (Wildman–Crippen LogP) is 3.87. The van der Waals surface area contributed by atoms with Gasteiger partial charge in [-0.05, 0) is 35.9 Å². The number of hydrogen-bond donors (Lipinski definition) is 2. The lowest BCUT2D eigenvalue weighted by Gasteiger charge is -2.07. The van der Waals surface area contributed by atoms with Gasteiger partial charge in [-0.25, -0.2) is 0 Å². The fourth-order valence-electron chi connectivity index (χ4n) is 2.26. The Morgan fingerprint density at radius 1 is 1.17 bits per heavy atom. The number of carbonyl (C=O) groups is 1. The summed E-state index contributed by atoms with van der Waals surface area (Å²) in [6.07, 6.45) is 0. The van der Waals surface area contributed by atoms with Crippen LogP contribution in [0.2, 0.25) is 5.02 Å². The second kappa shape index (κ2) is 6.56. The third-order valence-electron chi connectivity index (χ3n) is 3.45. The average molecular weight is 392 g/mol. The second-order valence-electron chi connectivity index (χ2n) is 5.02. The van der Waals surface area contributed by atoms with Crippen molar-refractivity contribution in [1.29, 1.82) is 0 Å². The minimum absolute atomic E-state index is 0.0719. The number of carbonyl (C=O) groups excluding carboxylic acids is 1. The van der Waals surface area contributed by atoms with Gasteiger partial charge in [-0.1, -0.05) is 45.7 Å². The van der Waals surface area contributed by atoms with Crippen LogP contribution in [0.15, 0.2) is 57.8 Å². The van der Waals surface area contributed by atoms with Gasteiger partial charge < -0.3 is 10.3 Å². The number of benzene rings is 2. The normalized spacial score (nSPS) is 10.7. The van der Waals surface area contributed by atoms with Crippen LogP contribution in [0.5, 0.6) is 0 Å². The van der Waals surface area contributed by atoms with Gasteiger partial charge in [0.1, 0.15) is 5.56 Å². The van der Waals surface area contributed by atoms with Gasteiger partial charge in [0.25, 0.3) is 11.5 Å². The van der Waals surface area contributed by atoms with Gasteiger partial charge in [0.2, 0.25) is 0 Å². The molecule has 23 heavy (non-hydrogen) atoms. The molecule has 0 aliphatic rings. The number of rotatable bonds is 3. The molecule has 0 aliphatic carbocycles. The van der Waals surface area contributed by atoms with Gasteiger partial charge in [0, 0.05) is 26.9 Å². The minimum Gasteiger partial charge on any atom is -0.348 e. The van der Waals surface area contributed by atoms with E-state index in [0.717, 1.165) is 15.4 Å². The quantitative estimate of drug-likeness (QED) is 0.712. The number of aromatic amines is 1. The van der Waals surface area contributed by atoms with Crippen molar-refractivity contribution in [1.82, 2.24) is 10.3 Å². The molecule has 2 N–H and O–H groups in total. The van der Waals surface area contributed by atoms with Crippen molar-refractivity contribution >= 4 is 44.3 Å². The molecule has 4 nitrogen and oxygen atoms in total. The number of aromatic nitrogens is 1. The van der Waals surface area contributed by atoms with Gasteiger partial charge in [-0.3, -0.25) is 9.59 Å². The fraction of sp³-hybridized carbons (Fsp3) is 0.0588. The number of amides is 1. The van der Waals surface area contributed by atoms with Crippen LogP contribution < -0.4 is 10.9 Å². The van der Waals surface area contributed by atoms with Crippen LogP contribution in [0, 0.1) is 0 Å². The molecule has 6 heteroatoms. The predicted molar refractivity (Wildman–Crippen MR) is 94.9 cm³/mol. The molecule has 0 unspecified atom stereocenters. The molecule has 3 rings (SSSR count). The molecule has 2 aromatic carbocycles. The molecule has 0 fully saturated rings. The Balaban J connectivity index is 1.87. The van der Waals surface area contributed by atoms with E-state index in [4.69, 9.17) is 11.6 Å². The summed E-state index contributed by atoms with van der Waals surface area (Å²) in [5.41, 5.74) is 1.13. The van der Waals surface area contributed by atoms with Gasteiger partial charge in [-0.15, -0.1) is 0 Å². The molecular formula is C17H12BrClN2O2. The topological polar surface area (TPSA) is 62.0 Å². The van der Waals surface area contributed by atoms with Crippen molar-refractivity contribution in [2.45, 2.75) is 6.54 Å². The maximum absolute atomic E-state index is 12.3. The molecular weight excluding hydrogens is 380 g/mol. The summed E-state index contributed by atoms with van der Waals surface area (Å²) in [6, 6.07) is 14.3. The van der Waals surface area contributed by atoms with E-state index >= 15 is 0 Å². The molecule has 1 amide bonds. The van der Waals surface area contributed by atoms with Crippen LogP contribution in [0.4, 0.5) is 0 Å². The molecule has 0 saturated heterocycles. The highest BCUT2D eigenvalue weighted by Crippen LogP contribution is 2.18. The number of pyridine rings is 1. The molecule has 0 aliphatic heterocycles. The van der Waals surface area contributed by atoms with E-state index in [1.54, 1.807) is 18.2 Å². The summed E-state index contributed by atoms with van der Waals surface area (Å²) in [5.74, 6) is -0.437. The molecule has 0 radical (unpaired) electrons. The first kappa shape index (κ1) is 15.8. The van der Waals surface area contributed by atoms with E-state index in [1.165, 1.54) is 0 Å². The van der Waals surface area contributed by atoms with E-state index in [9.17, 15) is 9.59 Å². The Labute approximate surface area is 145 Å². The van der Waals surface area contributed by atoms with Crippen LogP contribution in [0.1, 0.15) is 15.9 Å². The van der Waals surface area contributed by atoms with Crippen LogP contribution in [-0.2, 0) is 6.54 Å². The second-order valence-corrected chi connectivity index (χ2v) is 6.34. The summed E-state index contributed by atoms with van der Waals surface area (Å²) in [7, 11) is 0. The van der Waals surface area contributed by atoms with Crippen LogP contribution in [0.25, 0.3) is 10.9 Å². The lowest BCUT2D eigenvalue weighted by atomic mass is 10.1. The van der Waals surface area contributed by atoms with E-state index in [1.807, 2.05) is 30.3 Å². The average Bonchev–Trinajstić information content (AvgIpc) is 2.53. The summed E-state index contributed by atoms with van der Waals surface area (Å²) in [5, 5.41) is 4.07. The minimum atomic E-state index is -0.437. The van der Waals surface area contributed by atoms with Crippen molar-refractivity contribution in [2.75, 3.05) is 0 Å². The number of fused-ring (bicyclic) bond motifs is 1. The SMILES string of the molecule is O=C(NCc1ccccc1Cl)c1cc2cc(Br)ccc2[nH]c1=O. The zero-order chi connectivity index (χ0) is 16.4. The molecule has 1 aromatic heterocycles. The first-order chi connectivity index (χ1) is 11.0. The lowest BCUT2D eigenvalue weighted by Crippen LogP contribution is -2.29. The van der Waals surface area contributed by atoms with Crippen molar-refractivity contribution in [2.24, 2.45) is 0 Å². The number of nitrogens with one attached hydrogen (secondary N) is 2. The highest BCUT2D eigenvalue weighted by atomic mass is 79.9. The van der Waals surface area contributed by atoms with Crippen molar-refractivity contribution in [3.63, 3.8) is 0 Å². The fourth-order valence-corrected chi connectivity index (χ4v) is 2.84. The molecule has 3 aromatic rings. The van der Waals surface area contributed by atoms with Crippen LogP contribution in [-0.4, -0.2) is 10.9 Å². The monoisotopic (exact) mass is 390 g/mol. The first-order valence-corrected chi connectivity index (χ1v) is 8.06. The van der Waals surface area contributed by atoms with E-state index in [0.29, 0.717) is 10.5 Å². The molecule has 1 heterocycles. The largest absolute Gasteiger partial charge is 0.348 e.